The number of rotatable bonds is 7. The minimum Gasteiger partial charge on any atom is -0.497 e. The Kier molecular flexibility index (Phi) is 4.80. The Labute approximate surface area is 114 Å². The van der Waals surface area contributed by atoms with E-state index in [1.165, 1.54) is 5.56 Å². The first-order valence-electron chi connectivity index (χ1n) is 6.80. The smallest absolute Gasteiger partial charge is 0.236 e. The first-order chi connectivity index (χ1) is 9.20. The Hall–Kier alpha value is -1.55. The Bertz CT molecular complexity index is 430. The molecule has 4 heteroatoms. The second kappa shape index (κ2) is 6.57. The Morgan fingerprint density at radius 3 is 2.95 bits per heavy atom. The third-order valence-electron chi connectivity index (χ3n) is 3.49. The maximum absolute atomic E-state index is 11.8. The Morgan fingerprint density at radius 2 is 2.26 bits per heavy atom. The van der Waals surface area contributed by atoms with E-state index in [0.717, 1.165) is 31.6 Å². The molecule has 4 nitrogen and oxygen atoms in total. The van der Waals surface area contributed by atoms with Crippen LogP contribution in [0.1, 0.15) is 18.4 Å². The van der Waals surface area contributed by atoms with Crippen LogP contribution >= 0.6 is 0 Å². The van der Waals surface area contributed by atoms with Crippen LogP contribution < -0.4 is 10.1 Å². The fourth-order valence-corrected chi connectivity index (χ4v) is 2.05. The molecule has 0 spiro atoms. The number of carbonyl (C=O) groups excluding carboxylic acids is 1. The molecule has 1 aromatic rings. The number of nitrogens with one attached hydrogen (secondary N) is 1. The molecule has 1 N–H and O–H groups in total. The second-order valence-corrected chi connectivity index (χ2v) is 5.01. The number of amides is 1. The van der Waals surface area contributed by atoms with Gasteiger partial charge in [0.15, 0.2) is 0 Å². The lowest BCUT2D eigenvalue weighted by Gasteiger charge is -2.16. The van der Waals surface area contributed by atoms with Gasteiger partial charge in [-0.25, -0.2) is 0 Å². The minimum absolute atomic E-state index is 0.188. The molecule has 1 fully saturated rings. The molecule has 0 radical (unpaired) electrons. The van der Waals surface area contributed by atoms with Crippen LogP contribution in [0.15, 0.2) is 24.3 Å². The molecule has 0 bridgehead atoms. The number of nitrogens with zero attached hydrogens (tertiary/aromatic N) is 1. The zero-order valence-corrected chi connectivity index (χ0v) is 11.7. The van der Waals surface area contributed by atoms with Crippen LogP contribution in [0.3, 0.4) is 0 Å². The number of carbonyl (C=O) groups is 1. The van der Waals surface area contributed by atoms with Crippen molar-refractivity contribution in [1.29, 1.82) is 0 Å². The molecular formula is C15H22N2O2. The third-order valence-corrected chi connectivity index (χ3v) is 3.49. The third kappa shape index (κ3) is 4.24. The van der Waals surface area contributed by atoms with Gasteiger partial charge in [0.1, 0.15) is 5.75 Å². The van der Waals surface area contributed by atoms with Gasteiger partial charge in [-0.3, -0.25) is 4.79 Å². The van der Waals surface area contributed by atoms with Crippen LogP contribution in [0, 0.1) is 0 Å². The van der Waals surface area contributed by atoms with E-state index in [9.17, 15) is 4.79 Å². The highest BCUT2D eigenvalue weighted by Gasteiger charge is 2.28. The van der Waals surface area contributed by atoms with Gasteiger partial charge in [-0.1, -0.05) is 12.1 Å². The van der Waals surface area contributed by atoms with Gasteiger partial charge in [-0.2, -0.15) is 0 Å². The molecule has 104 valence electrons. The number of benzene rings is 1. The molecule has 0 atom stereocenters. The molecule has 1 aromatic carbocycles. The number of ether oxygens (including phenoxy) is 1. The number of likely N-dealkylation sites (N-methyl/N-ethyl adjacent to an activating group) is 1. The lowest BCUT2D eigenvalue weighted by atomic mass is 10.1. The number of hydrogen-bond acceptors (Lipinski definition) is 3. The quantitative estimate of drug-likeness (QED) is 0.756. The van der Waals surface area contributed by atoms with E-state index in [1.54, 1.807) is 7.11 Å². The monoisotopic (exact) mass is 262 g/mol. The maximum atomic E-state index is 11.8. The molecule has 1 amide bonds. The zero-order chi connectivity index (χ0) is 13.7. The standard InChI is InChI=1S/C15H22N2O2/c1-17(13-6-7-13)15(18)11-16-9-8-12-4-3-5-14(10-12)19-2/h3-5,10,13,16H,6-9,11H2,1-2H3. The van der Waals surface area contributed by atoms with E-state index in [2.05, 4.69) is 11.4 Å². The van der Waals surface area contributed by atoms with Gasteiger partial charge in [0.05, 0.1) is 13.7 Å². The molecule has 1 saturated carbocycles. The zero-order valence-electron chi connectivity index (χ0n) is 11.7. The topological polar surface area (TPSA) is 41.6 Å². The van der Waals surface area contributed by atoms with E-state index in [4.69, 9.17) is 4.74 Å². The molecule has 0 aromatic heterocycles. The van der Waals surface area contributed by atoms with Crippen LogP contribution in [0.2, 0.25) is 0 Å². The molecular weight excluding hydrogens is 240 g/mol. The summed E-state index contributed by atoms with van der Waals surface area (Å²) in [4.78, 5) is 13.6. The van der Waals surface area contributed by atoms with Crippen molar-refractivity contribution in [3.63, 3.8) is 0 Å². The van der Waals surface area contributed by atoms with Crippen LogP contribution in [0.5, 0.6) is 5.75 Å². The predicted molar refractivity (Wildman–Crippen MR) is 75.4 cm³/mol. The van der Waals surface area contributed by atoms with E-state index in [1.807, 2.05) is 30.1 Å². The van der Waals surface area contributed by atoms with Crippen molar-refractivity contribution in [3.8, 4) is 5.75 Å². The van der Waals surface area contributed by atoms with Gasteiger partial charge < -0.3 is 15.0 Å². The Morgan fingerprint density at radius 1 is 1.47 bits per heavy atom. The highest BCUT2D eigenvalue weighted by Crippen LogP contribution is 2.25. The fourth-order valence-electron chi connectivity index (χ4n) is 2.05. The summed E-state index contributed by atoms with van der Waals surface area (Å²) in [5.41, 5.74) is 1.22. The summed E-state index contributed by atoms with van der Waals surface area (Å²) >= 11 is 0. The van der Waals surface area contributed by atoms with Gasteiger partial charge in [0.25, 0.3) is 0 Å². The molecule has 0 unspecified atom stereocenters. The van der Waals surface area contributed by atoms with Crippen molar-refractivity contribution < 1.29 is 9.53 Å². The molecule has 2 rings (SSSR count). The van der Waals surface area contributed by atoms with Crippen LogP contribution in [-0.2, 0) is 11.2 Å². The predicted octanol–water partition coefficient (Wildman–Crippen LogP) is 1.45. The van der Waals surface area contributed by atoms with Crippen molar-refractivity contribution in [2.24, 2.45) is 0 Å². The molecule has 1 aliphatic carbocycles. The largest absolute Gasteiger partial charge is 0.497 e. The summed E-state index contributed by atoms with van der Waals surface area (Å²) < 4.78 is 5.18. The summed E-state index contributed by atoms with van der Waals surface area (Å²) in [7, 11) is 3.56. The summed E-state index contributed by atoms with van der Waals surface area (Å²) in [6, 6.07) is 8.51. The lowest BCUT2D eigenvalue weighted by Crippen LogP contribution is -2.37. The fraction of sp³-hybridized carbons (Fsp3) is 0.533. The molecule has 1 aliphatic rings. The summed E-state index contributed by atoms with van der Waals surface area (Å²) in [5, 5.41) is 3.20. The van der Waals surface area contributed by atoms with Gasteiger partial charge in [-0.05, 0) is 43.5 Å². The van der Waals surface area contributed by atoms with E-state index in [0.29, 0.717) is 12.6 Å². The van der Waals surface area contributed by atoms with E-state index >= 15 is 0 Å². The summed E-state index contributed by atoms with van der Waals surface area (Å²) in [5.74, 6) is 1.06. The van der Waals surface area contributed by atoms with Crippen molar-refractivity contribution in [2.45, 2.75) is 25.3 Å². The SMILES string of the molecule is COc1cccc(CCNCC(=O)N(C)C2CC2)c1. The van der Waals surface area contributed by atoms with Gasteiger partial charge >= 0.3 is 0 Å². The number of hydrogen-bond donors (Lipinski definition) is 1. The summed E-state index contributed by atoms with van der Waals surface area (Å²) in [6.45, 7) is 1.23. The molecule has 19 heavy (non-hydrogen) atoms. The van der Waals surface area contributed by atoms with Gasteiger partial charge in [0, 0.05) is 13.1 Å². The van der Waals surface area contributed by atoms with Crippen molar-refractivity contribution in [3.05, 3.63) is 29.8 Å². The Balaban J connectivity index is 1.67. The average molecular weight is 262 g/mol. The minimum atomic E-state index is 0.188. The van der Waals surface area contributed by atoms with E-state index < -0.39 is 0 Å². The normalized spacial score (nSPS) is 14.2. The van der Waals surface area contributed by atoms with Gasteiger partial charge in [-0.15, -0.1) is 0 Å². The summed E-state index contributed by atoms with van der Waals surface area (Å²) in [6.07, 6.45) is 3.22. The highest BCUT2D eigenvalue weighted by molar-refractivity contribution is 5.78. The van der Waals surface area contributed by atoms with Gasteiger partial charge in [0.2, 0.25) is 5.91 Å². The second-order valence-electron chi connectivity index (χ2n) is 5.01. The van der Waals surface area contributed by atoms with Crippen LogP contribution in [-0.4, -0.2) is 44.1 Å². The lowest BCUT2D eigenvalue weighted by molar-refractivity contribution is -0.129. The highest BCUT2D eigenvalue weighted by atomic mass is 16.5. The van der Waals surface area contributed by atoms with Crippen LogP contribution in [0.4, 0.5) is 0 Å². The average Bonchev–Trinajstić information content (AvgIpc) is 3.27. The maximum Gasteiger partial charge on any atom is 0.236 e. The van der Waals surface area contributed by atoms with E-state index in [-0.39, 0.29) is 5.91 Å². The van der Waals surface area contributed by atoms with Crippen molar-refractivity contribution in [1.82, 2.24) is 10.2 Å². The van der Waals surface area contributed by atoms with Crippen molar-refractivity contribution in [2.75, 3.05) is 27.2 Å². The van der Waals surface area contributed by atoms with Crippen LogP contribution in [0.25, 0.3) is 0 Å². The first-order valence-corrected chi connectivity index (χ1v) is 6.80. The number of methoxy groups -OCH3 is 1. The first kappa shape index (κ1) is 13.9. The van der Waals surface area contributed by atoms with Crippen molar-refractivity contribution >= 4 is 5.91 Å². The molecule has 0 aliphatic heterocycles. The molecule has 0 saturated heterocycles. The molecule has 0 heterocycles.